The lowest BCUT2D eigenvalue weighted by molar-refractivity contribution is 0.141. The number of benzene rings is 1. The third-order valence-corrected chi connectivity index (χ3v) is 4.72. The summed E-state index contributed by atoms with van der Waals surface area (Å²) < 4.78 is 0. The van der Waals surface area contributed by atoms with Gasteiger partial charge < -0.3 is 15.2 Å². The Hall–Kier alpha value is -2.64. The molecular weight excluding hydrogens is 352 g/mol. The average molecular weight is 371 g/mol. The summed E-state index contributed by atoms with van der Waals surface area (Å²) in [5, 5.41) is 4.43. The first-order valence-electron chi connectivity index (χ1n) is 8.50. The van der Waals surface area contributed by atoms with Crippen LogP contribution in [0.15, 0.2) is 42.9 Å². The number of nitrogens with zero attached hydrogens (tertiary/aromatic N) is 4. The number of pyridine rings is 1. The van der Waals surface area contributed by atoms with Crippen LogP contribution in [-0.2, 0) is 6.54 Å². The Morgan fingerprint density at radius 1 is 1.19 bits per heavy atom. The maximum atomic E-state index is 12.7. The number of amides is 2. The molecule has 0 atom stereocenters. The third kappa shape index (κ3) is 3.63. The summed E-state index contributed by atoms with van der Waals surface area (Å²) in [6.45, 7) is 3.72. The van der Waals surface area contributed by atoms with E-state index in [1.807, 2.05) is 29.3 Å². The molecule has 0 aliphatic carbocycles. The molecule has 1 aromatic carbocycles. The van der Waals surface area contributed by atoms with Crippen molar-refractivity contribution < 1.29 is 4.79 Å². The molecule has 2 aromatic heterocycles. The highest BCUT2D eigenvalue weighted by atomic mass is 35.5. The van der Waals surface area contributed by atoms with Crippen molar-refractivity contribution in [3.8, 4) is 0 Å². The predicted molar refractivity (Wildman–Crippen MR) is 101 cm³/mol. The first-order valence-corrected chi connectivity index (χ1v) is 8.88. The summed E-state index contributed by atoms with van der Waals surface area (Å²) in [5.74, 6) is 0.944. The van der Waals surface area contributed by atoms with Gasteiger partial charge in [-0.3, -0.25) is 9.88 Å². The number of aromatic nitrogens is 3. The van der Waals surface area contributed by atoms with Crippen LogP contribution in [0.5, 0.6) is 0 Å². The van der Waals surface area contributed by atoms with E-state index in [0.717, 1.165) is 36.4 Å². The topological polar surface area (TPSA) is 77.2 Å². The van der Waals surface area contributed by atoms with E-state index in [1.54, 1.807) is 18.5 Å². The lowest BCUT2D eigenvalue weighted by Gasteiger charge is -2.34. The van der Waals surface area contributed by atoms with E-state index < -0.39 is 0 Å². The number of nitrogens with one attached hydrogen (secondary N) is 2. The second kappa shape index (κ2) is 7.31. The number of halogens is 1. The number of piperazine rings is 1. The number of carbonyl (C=O) groups is 1. The van der Waals surface area contributed by atoms with Gasteiger partial charge in [-0.2, -0.15) is 0 Å². The lowest BCUT2D eigenvalue weighted by Crippen LogP contribution is -2.49. The molecule has 2 N–H and O–H groups in total. The molecule has 1 saturated heterocycles. The van der Waals surface area contributed by atoms with Gasteiger partial charge in [-0.15, -0.1) is 0 Å². The fraction of sp³-hybridized carbons (Fsp3) is 0.278. The average Bonchev–Trinajstić information content (AvgIpc) is 3.15. The van der Waals surface area contributed by atoms with Gasteiger partial charge >= 0.3 is 6.03 Å². The zero-order valence-electron chi connectivity index (χ0n) is 14.2. The van der Waals surface area contributed by atoms with Crippen LogP contribution in [0, 0.1) is 0 Å². The van der Waals surface area contributed by atoms with Crippen LogP contribution >= 0.6 is 11.6 Å². The van der Waals surface area contributed by atoms with Gasteiger partial charge in [0.1, 0.15) is 5.82 Å². The number of aromatic amines is 1. The van der Waals surface area contributed by atoms with Crippen LogP contribution in [0.25, 0.3) is 10.9 Å². The summed E-state index contributed by atoms with van der Waals surface area (Å²) in [6.07, 6.45) is 5.28. The van der Waals surface area contributed by atoms with Crippen molar-refractivity contribution in [3.05, 3.63) is 53.7 Å². The van der Waals surface area contributed by atoms with Crippen LogP contribution in [0.3, 0.4) is 0 Å². The number of fused-ring (bicyclic) bond motifs is 1. The summed E-state index contributed by atoms with van der Waals surface area (Å²) >= 11 is 6.17. The van der Waals surface area contributed by atoms with E-state index in [2.05, 4.69) is 25.2 Å². The molecule has 3 aromatic rings. The number of imidazole rings is 1. The third-order valence-electron chi connectivity index (χ3n) is 4.50. The number of H-pyrrole nitrogens is 1. The highest BCUT2D eigenvalue weighted by Gasteiger charge is 2.22. The molecule has 3 heterocycles. The van der Waals surface area contributed by atoms with Gasteiger partial charge in [0.15, 0.2) is 0 Å². The van der Waals surface area contributed by atoms with Crippen LogP contribution in [0.4, 0.5) is 10.5 Å². The van der Waals surface area contributed by atoms with Gasteiger partial charge in [-0.25, -0.2) is 9.78 Å². The van der Waals surface area contributed by atoms with Crippen molar-refractivity contribution in [2.24, 2.45) is 0 Å². The maximum absolute atomic E-state index is 12.7. The Balaban J connectivity index is 1.40. The van der Waals surface area contributed by atoms with Crippen molar-refractivity contribution in [1.29, 1.82) is 0 Å². The minimum Gasteiger partial charge on any atom is -0.348 e. The van der Waals surface area contributed by atoms with Gasteiger partial charge in [-0.1, -0.05) is 17.7 Å². The van der Waals surface area contributed by atoms with Gasteiger partial charge in [0.2, 0.25) is 0 Å². The second-order valence-corrected chi connectivity index (χ2v) is 6.69. The second-order valence-electron chi connectivity index (χ2n) is 6.26. The van der Waals surface area contributed by atoms with Gasteiger partial charge in [0.25, 0.3) is 0 Å². The largest absolute Gasteiger partial charge is 0.348 e. The maximum Gasteiger partial charge on any atom is 0.321 e. The van der Waals surface area contributed by atoms with Crippen molar-refractivity contribution in [3.63, 3.8) is 0 Å². The van der Waals surface area contributed by atoms with E-state index in [4.69, 9.17) is 11.6 Å². The molecule has 0 spiro atoms. The van der Waals surface area contributed by atoms with E-state index in [9.17, 15) is 4.79 Å². The van der Waals surface area contributed by atoms with Crippen molar-refractivity contribution in [2.75, 3.05) is 31.5 Å². The number of hydrogen-bond donors (Lipinski definition) is 2. The van der Waals surface area contributed by atoms with E-state index in [0.29, 0.717) is 23.8 Å². The monoisotopic (exact) mass is 370 g/mol. The van der Waals surface area contributed by atoms with Gasteiger partial charge in [-0.05, 0) is 18.2 Å². The van der Waals surface area contributed by atoms with Crippen LogP contribution in [-0.4, -0.2) is 57.0 Å². The number of hydrogen-bond acceptors (Lipinski definition) is 4. The number of carbonyl (C=O) groups excluding carboxylic acids is 1. The van der Waals surface area contributed by atoms with Crippen LogP contribution < -0.4 is 5.32 Å². The first kappa shape index (κ1) is 16.8. The van der Waals surface area contributed by atoms with E-state index in [-0.39, 0.29) is 6.03 Å². The highest BCUT2D eigenvalue weighted by molar-refractivity contribution is 6.32. The molecule has 1 aliphatic rings. The normalized spacial score (nSPS) is 15.3. The Morgan fingerprint density at radius 2 is 2.04 bits per heavy atom. The molecule has 1 aliphatic heterocycles. The lowest BCUT2D eigenvalue weighted by atomic mass is 10.2. The van der Waals surface area contributed by atoms with Gasteiger partial charge in [0, 0.05) is 55.2 Å². The molecule has 4 rings (SSSR count). The zero-order valence-corrected chi connectivity index (χ0v) is 14.9. The smallest absolute Gasteiger partial charge is 0.321 e. The van der Waals surface area contributed by atoms with Crippen molar-refractivity contribution in [1.82, 2.24) is 24.8 Å². The molecular formula is C18H19ClN6O. The Kier molecular flexibility index (Phi) is 4.73. The molecule has 0 bridgehead atoms. The molecule has 2 amide bonds. The fourth-order valence-corrected chi connectivity index (χ4v) is 3.38. The molecule has 1 fully saturated rings. The van der Waals surface area contributed by atoms with E-state index >= 15 is 0 Å². The standard InChI is InChI=1S/C18H19ClN6O/c19-14-10-13-2-1-3-22-17(13)15(11-14)23-18(26)25-8-6-24(7-9-25)12-16-20-4-5-21-16/h1-5,10-11H,6-9,12H2,(H,20,21)(H,23,26). The Bertz CT molecular complexity index is 905. The zero-order chi connectivity index (χ0) is 17.9. The molecule has 0 saturated carbocycles. The molecule has 0 radical (unpaired) electrons. The first-order chi connectivity index (χ1) is 12.7. The van der Waals surface area contributed by atoms with E-state index in [1.165, 1.54) is 0 Å². The molecule has 7 nitrogen and oxygen atoms in total. The number of rotatable bonds is 3. The molecule has 134 valence electrons. The summed E-state index contributed by atoms with van der Waals surface area (Å²) in [4.78, 5) is 28.5. The molecule has 26 heavy (non-hydrogen) atoms. The predicted octanol–water partition coefficient (Wildman–Crippen LogP) is 2.96. The molecule has 0 unspecified atom stereocenters. The minimum atomic E-state index is -0.128. The molecule has 8 heteroatoms. The Labute approximate surface area is 156 Å². The minimum absolute atomic E-state index is 0.128. The highest BCUT2D eigenvalue weighted by Crippen LogP contribution is 2.26. The summed E-state index contributed by atoms with van der Waals surface area (Å²) in [7, 11) is 0. The van der Waals surface area contributed by atoms with Crippen molar-refractivity contribution >= 4 is 34.2 Å². The fourth-order valence-electron chi connectivity index (χ4n) is 3.15. The quantitative estimate of drug-likeness (QED) is 0.743. The van der Waals surface area contributed by atoms with Crippen LogP contribution in [0.2, 0.25) is 5.02 Å². The van der Waals surface area contributed by atoms with Gasteiger partial charge in [0.05, 0.1) is 17.7 Å². The number of urea groups is 1. The van der Waals surface area contributed by atoms with Crippen molar-refractivity contribution in [2.45, 2.75) is 6.54 Å². The summed E-state index contributed by atoms with van der Waals surface area (Å²) in [6, 6.07) is 7.23. The SMILES string of the molecule is O=C(Nc1cc(Cl)cc2cccnc12)N1CCN(Cc2ncc[nH]2)CC1. The number of anilines is 1. The summed E-state index contributed by atoms with van der Waals surface area (Å²) in [5.41, 5.74) is 1.37. The van der Waals surface area contributed by atoms with Crippen LogP contribution in [0.1, 0.15) is 5.82 Å². The Morgan fingerprint density at radius 3 is 2.81 bits per heavy atom.